The third-order valence-electron chi connectivity index (χ3n) is 6.03. The second-order valence-corrected chi connectivity index (χ2v) is 11.4. The second-order valence-electron chi connectivity index (χ2n) is 8.69. The summed E-state index contributed by atoms with van der Waals surface area (Å²) in [6.45, 7) is 1.58. The highest BCUT2D eigenvalue weighted by Gasteiger charge is 2.24. The first-order chi connectivity index (χ1) is 19.3. The lowest BCUT2D eigenvalue weighted by atomic mass is 10.0. The molecule has 5 rings (SSSR count). The molecule has 0 bridgehead atoms. The first-order valence-electron chi connectivity index (χ1n) is 11.4. The summed E-state index contributed by atoms with van der Waals surface area (Å²) in [4.78, 5) is 5.45. The Morgan fingerprint density at radius 1 is 0.854 bits per heavy atom. The van der Waals surface area contributed by atoms with Gasteiger partial charge in [0.25, 0.3) is 26.2 Å². The van der Waals surface area contributed by atoms with Crippen LogP contribution in [0.4, 0.5) is 31.7 Å². The van der Waals surface area contributed by atoms with Crippen LogP contribution in [0.2, 0.25) is 0 Å². The minimum Gasteiger partial charge on any atom is -0.505 e. The van der Waals surface area contributed by atoms with E-state index in [0.29, 0.717) is 16.6 Å². The van der Waals surface area contributed by atoms with Crippen LogP contribution in [-0.4, -0.2) is 41.0 Å². The smallest absolute Gasteiger partial charge is 0.297 e. The number of anilines is 2. The number of phenolic OH excluding ortho intramolecular Hbond substituents is 1. The van der Waals surface area contributed by atoms with Gasteiger partial charge in [-0.3, -0.25) is 9.11 Å². The maximum absolute atomic E-state index is 14.0. The molecule has 1 heterocycles. The van der Waals surface area contributed by atoms with Crippen LogP contribution < -0.4 is 5.32 Å². The van der Waals surface area contributed by atoms with Crippen LogP contribution in [0.15, 0.2) is 80.9 Å². The van der Waals surface area contributed by atoms with Gasteiger partial charge in [-0.15, -0.1) is 10.2 Å². The molecule has 0 saturated carbocycles. The molecule has 210 valence electrons. The van der Waals surface area contributed by atoms with Crippen LogP contribution in [0.3, 0.4) is 0 Å². The minimum absolute atomic E-state index is 0.0461. The highest BCUT2D eigenvalue weighted by Crippen LogP contribution is 2.41. The monoisotopic (exact) mass is 601 g/mol. The number of benzene rings is 4. The van der Waals surface area contributed by atoms with E-state index in [1.165, 1.54) is 36.4 Å². The third-order valence-corrected chi connectivity index (χ3v) is 7.89. The fraction of sp³-hybridized carbons (Fsp3) is 0.0400. The Labute approximate surface area is 230 Å². The maximum Gasteiger partial charge on any atom is 0.297 e. The summed E-state index contributed by atoms with van der Waals surface area (Å²) in [6.07, 6.45) is 0.853. The van der Waals surface area contributed by atoms with E-state index in [9.17, 15) is 39.8 Å². The number of halogens is 2. The first-order valence-corrected chi connectivity index (χ1v) is 14.3. The molecule has 4 N–H and O–H groups in total. The van der Waals surface area contributed by atoms with Gasteiger partial charge in [0.05, 0.1) is 0 Å². The molecule has 0 saturated heterocycles. The Kier molecular flexibility index (Phi) is 6.86. The van der Waals surface area contributed by atoms with Gasteiger partial charge in [0.2, 0.25) is 5.82 Å². The first kappa shape index (κ1) is 27.9. The third kappa shape index (κ3) is 5.28. The molecule has 12 nitrogen and oxygen atoms in total. The van der Waals surface area contributed by atoms with Crippen LogP contribution in [0.1, 0.15) is 5.56 Å². The Morgan fingerprint density at radius 3 is 2.29 bits per heavy atom. The Bertz CT molecular complexity index is 2140. The lowest BCUT2D eigenvalue weighted by Crippen LogP contribution is -2.03. The largest absolute Gasteiger partial charge is 0.505 e. The number of aryl methyl sites for hydroxylation is 1. The molecule has 4 aromatic carbocycles. The topological polar surface area (TPSA) is 191 Å². The van der Waals surface area contributed by atoms with Crippen molar-refractivity contribution in [3.63, 3.8) is 0 Å². The number of nitrogens with zero attached hydrogens (tertiary/aromatic N) is 4. The molecule has 0 radical (unpaired) electrons. The van der Waals surface area contributed by atoms with Crippen LogP contribution in [0.25, 0.3) is 21.5 Å². The SMILES string of the molecule is Cc1cc2cc(Nc3ncnc(F)c3F)ccc2c(O)c1N=Nc1ccc2c(S(=O)(=O)O)cccc2c1S(=O)(=O)O. The van der Waals surface area contributed by atoms with Crippen molar-refractivity contribution in [3.05, 3.63) is 78.3 Å². The zero-order valence-corrected chi connectivity index (χ0v) is 22.2. The van der Waals surface area contributed by atoms with Gasteiger partial charge in [0.1, 0.15) is 27.5 Å². The molecule has 0 amide bonds. The van der Waals surface area contributed by atoms with E-state index in [4.69, 9.17) is 0 Å². The van der Waals surface area contributed by atoms with Gasteiger partial charge in [-0.2, -0.15) is 25.6 Å². The molecule has 16 heteroatoms. The number of azo groups is 1. The molecule has 0 unspecified atom stereocenters. The number of hydrogen-bond acceptors (Lipinski definition) is 10. The zero-order valence-electron chi connectivity index (χ0n) is 20.6. The summed E-state index contributed by atoms with van der Waals surface area (Å²) in [5.74, 6) is -3.32. The van der Waals surface area contributed by atoms with E-state index in [2.05, 4.69) is 25.5 Å². The Balaban J connectivity index is 1.59. The van der Waals surface area contributed by atoms with Crippen LogP contribution in [0.5, 0.6) is 5.75 Å². The van der Waals surface area contributed by atoms with E-state index >= 15 is 0 Å². The standard InChI is InChI=1S/C25H17F2N5O7S2/c1-12-9-13-10-14(30-25-20(26)24(27)28-11-29-25)5-6-15(13)22(33)21(12)32-31-18-8-7-16-17(23(18)41(37,38)39)3-2-4-19(16)40(34,35)36/h2-11,33H,1H3,(H,28,29,30)(H,34,35,36)(H,37,38,39). The normalized spacial score (nSPS) is 12.4. The van der Waals surface area contributed by atoms with Crippen LogP contribution >= 0.6 is 0 Å². The molecule has 0 aliphatic carbocycles. The predicted molar refractivity (Wildman–Crippen MR) is 143 cm³/mol. The van der Waals surface area contributed by atoms with Crippen molar-refractivity contribution in [2.45, 2.75) is 16.7 Å². The summed E-state index contributed by atoms with van der Waals surface area (Å²) in [6, 6.07) is 11.8. The van der Waals surface area contributed by atoms with E-state index < -0.39 is 47.6 Å². The average molecular weight is 602 g/mol. The number of phenols is 1. The van der Waals surface area contributed by atoms with Gasteiger partial charge < -0.3 is 10.4 Å². The highest BCUT2D eigenvalue weighted by atomic mass is 32.2. The molecule has 0 fully saturated rings. The second kappa shape index (κ2) is 10.1. The molecule has 1 aromatic heterocycles. The van der Waals surface area contributed by atoms with Crippen molar-refractivity contribution in [3.8, 4) is 5.75 Å². The molecule has 0 spiro atoms. The molecular formula is C25H17F2N5O7S2. The van der Waals surface area contributed by atoms with Crippen molar-refractivity contribution in [2.75, 3.05) is 5.32 Å². The summed E-state index contributed by atoms with van der Waals surface area (Å²) >= 11 is 0. The lowest BCUT2D eigenvalue weighted by Gasteiger charge is -2.11. The highest BCUT2D eigenvalue weighted by molar-refractivity contribution is 7.86. The fourth-order valence-electron chi connectivity index (χ4n) is 4.26. The Hall–Kier alpha value is -4.64. The van der Waals surface area contributed by atoms with Crippen molar-refractivity contribution >= 4 is 64.7 Å². The van der Waals surface area contributed by atoms with Gasteiger partial charge in [-0.25, -0.2) is 9.97 Å². The number of fused-ring (bicyclic) bond motifs is 2. The molecule has 0 aliphatic heterocycles. The van der Waals surface area contributed by atoms with Gasteiger partial charge in [0.15, 0.2) is 11.6 Å². The quantitative estimate of drug-likeness (QED) is 0.106. The van der Waals surface area contributed by atoms with Crippen molar-refractivity contribution in [2.24, 2.45) is 10.2 Å². The zero-order chi connectivity index (χ0) is 29.7. The average Bonchev–Trinajstić information content (AvgIpc) is 2.89. The number of hydrogen-bond donors (Lipinski definition) is 4. The van der Waals surface area contributed by atoms with E-state index in [0.717, 1.165) is 18.5 Å². The van der Waals surface area contributed by atoms with E-state index in [-0.39, 0.29) is 33.3 Å². The molecular weight excluding hydrogens is 584 g/mol. The predicted octanol–water partition coefficient (Wildman–Crippen LogP) is 5.73. The molecule has 41 heavy (non-hydrogen) atoms. The van der Waals surface area contributed by atoms with Crippen molar-refractivity contribution in [1.82, 2.24) is 9.97 Å². The van der Waals surface area contributed by atoms with Crippen molar-refractivity contribution < 1.29 is 39.8 Å². The number of rotatable bonds is 6. The van der Waals surface area contributed by atoms with Crippen LogP contribution in [-0.2, 0) is 20.2 Å². The van der Waals surface area contributed by atoms with Gasteiger partial charge in [0, 0.05) is 21.8 Å². The van der Waals surface area contributed by atoms with Gasteiger partial charge in [-0.05, 0) is 54.3 Å². The maximum atomic E-state index is 14.0. The fourth-order valence-corrected chi connectivity index (χ4v) is 5.79. The molecule has 0 atom stereocenters. The van der Waals surface area contributed by atoms with Crippen molar-refractivity contribution in [1.29, 1.82) is 0 Å². The Morgan fingerprint density at radius 2 is 1.59 bits per heavy atom. The summed E-state index contributed by atoms with van der Waals surface area (Å²) in [5, 5.41) is 21.8. The summed E-state index contributed by atoms with van der Waals surface area (Å²) in [5.41, 5.74) is 0.291. The number of aromatic hydroxyl groups is 1. The van der Waals surface area contributed by atoms with E-state index in [1.807, 2.05) is 0 Å². The minimum atomic E-state index is -4.98. The summed E-state index contributed by atoms with van der Waals surface area (Å²) in [7, 11) is -9.70. The number of nitrogens with one attached hydrogen (secondary N) is 1. The molecule has 5 aromatic rings. The number of aromatic nitrogens is 2. The van der Waals surface area contributed by atoms with Gasteiger partial charge >= 0.3 is 0 Å². The van der Waals surface area contributed by atoms with E-state index in [1.54, 1.807) is 13.0 Å². The van der Waals surface area contributed by atoms with Crippen LogP contribution in [0, 0.1) is 18.7 Å². The molecule has 0 aliphatic rings. The lowest BCUT2D eigenvalue weighted by molar-refractivity contribution is 0.476. The summed E-state index contributed by atoms with van der Waals surface area (Å²) < 4.78 is 94.9. The van der Waals surface area contributed by atoms with Gasteiger partial charge in [-0.1, -0.05) is 18.2 Å².